The Bertz CT molecular complexity index is 890. The molecule has 1 aliphatic carbocycles. The second kappa shape index (κ2) is 7.48. The largest absolute Gasteiger partial charge is 0.489 e. The maximum atomic E-state index is 11.2. The minimum Gasteiger partial charge on any atom is -0.489 e. The van der Waals surface area contributed by atoms with Gasteiger partial charge >= 0.3 is 5.97 Å². The van der Waals surface area contributed by atoms with Crippen LogP contribution < -0.4 is 9.47 Å². The van der Waals surface area contributed by atoms with Gasteiger partial charge in [0.2, 0.25) is 5.88 Å². The van der Waals surface area contributed by atoms with Crippen LogP contribution in [0.3, 0.4) is 0 Å². The molecule has 0 bridgehead atoms. The van der Waals surface area contributed by atoms with Gasteiger partial charge in [0.05, 0.1) is 12.7 Å². The normalized spacial score (nSPS) is 15.5. The van der Waals surface area contributed by atoms with Crippen LogP contribution in [0.5, 0.6) is 11.6 Å². The van der Waals surface area contributed by atoms with E-state index in [1.807, 2.05) is 19.9 Å². The zero-order valence-corrected chi connectivity index (χ0v) is 14.8. The first-order valence-corrected chi connectivity index (χ1v) is 8.69. The lowest BCUT2D eigenvalue weighted by atomic mass is 10.2. The average Bonchev–Trinajstić information content (AvgIpc) is 3.39. The molecule has 3 rings (SSSR count). The summed E-state index contributed by atoms with van der Waals surface area (Å²) in [6.45, 7) is 4.53. The molecule has 0 radical (unpaired) electrons. The molecular weight excluding hydrogens is 334 g/mol. The summed E-state index contributed by atoms with van der Waals surface area (Å²) in [7, 11) is 0. The molecule has 1 fully saturated rings. The lowest BCUT2D eigenvalue weighted by Crippen LogP contribution is -2.11. The Hall–Kier alpha value is -3.01. The summed E-state index contributed by atoms with van der Waals surface area (Å²) in [4.78, 5) is 15.8. The molecule has 1 saturated carbocycles. The van der Waals surface area contributed by atoms with Crippen LogP contribution in [0, 0.1) is 17.2 Å². The molecule has 2 aromatic rings. The Morgan fingerprint density at radius 2 is 2.35 bits per heavy atom. The highest BCUT2D eigenvalue weighted by Gasteiger charge is 2.23. The highest BCUT2D eigenvalue weighted by Crippen LogP contribution is 2.32. The number of rotatable bonds is 8. The number of pyridine rings is 1. The molecule has 1 aliphatic rings. The van der Waals surface area contributed by atoms with Gasteiger partial charge in [-0.25, -0.2) is 4.79 Å². The van der Waals surface area contributed by atoms with Crippen molar-refractivity contribution in [2.24, 2.45) is 5.92 Å². The van der Waals surface area contributed by atoms with E-state index >= 15 is 0 Å². The third kappa shape index (κ3) is 3.80. The standard InChI is InChI=1S/C19H21N3O4/c1-3-12(2)26-18-15(9-14(10-20)19(23)24)22-8-4-5-16(17(22)21-18)25-11-13-6-7-13/h4-5,8-9,12-13H,3,6-7,11H2,1-2H3,(H,23,24). The number of hydrogen-bond acceptors (Lipinski definition) is 5. The number of nitrogens with zero attached hydrogens (tertiary/aromatic N) is 3. The smallest absolute Gasteiger partial charge is 0.346 e. The first-order valence-electron chi connectivity index (χ1n) is 8.69. The molecule has 1 N–H and O–H groups in total. The number of nitriles is 1. The highest BCUT2D eigenvalue weighted by atomic mass is 16.5. The van der Waals surface area contributed by atoms with E-state index in [4.69, 9.17) is 14.7 Å². The van der Waals surface area contributed by atoms with Gasteiger partial charge in [0.15, 0.2) is 11.4 Å². The summed E-state index contributed by atoms with van der Waals surface area (Å²) < 4.78 is 13.4. The molecule has 2 heterocycles. The van der Waals surface area contributed by atoms with Gasteiger partial charge in [0, 0.05) is 6.20 Å². The third-order valence-corrected chi connectivity index (χ3v) is 4.31. The quantitative estimate of drug-likeness (QED) is 0.576. The van der Waals surface area contributed by atoms with Crippen LogP contribution in [-0.4, -0.2) is 33.2 Å². The summed E-state index contributed by atoms with van der Waals surface area (Å²) in [5.41, 5.74) is 0.571. The maximum Gasteiger partial charge on any atom is 0.346 e. The molecule has 26 heavy (non-hydrogen) atoms. The van der Waals surface area contributed by atoms with Crippen molar-refractivity contribution in [1.82, 2.24) is 9.38 Å². The van der Waals surface area contributed by atoms with Gasteiger partial charge < -0.3 is 14.6 Å². The van der Waals surface area contributed by atoms with Gasteiger partial charge in [0.25, 0.3) is 0 Å². The number of ether oxygens (including phenoxy) is 2. The van der Waals surface area contributed by atoms with Crippen LogP contribution in [0.2, 0.25) is 0 Å². The second-order valence-electron chi connectivity index (χ2n) is 6.43. The van der Waals surface area contributed by atoms with E-state index in [1.54, 1.807) is 22.7 Å². The van der Waals surface area contributed by atoms with Crippen LogP contribution in [0.25, 0.3) is 11.7 Å². The zero-order chi connectivity index (χ0) is 18.7. The van der Waals surface area contributed by atoms with Gasteiger partial charge in [-0.2, -0.15) is 10.2 Å². The van der Waals surface area contributed by atoms with Gasteiger partial charge in [-0.05, 0) is 50.3 Å². The van der Waals surface area contributed by atoms with Crippen molar-refractivity contribution in [3.8, 4) is 17.7 Å². The number of imidazole rings is 1. The van der Waals surface area contributed by atoms with Gasteiger partial charge in [-0.3, -0.25) is 4.40 Å². The predicted molar refractivity (Wildman–Crippen MR) is 95.0 cm³/mol. The van der Waals surface area contributed by atoms with E-state index in [2.05, 4.69) is 4.98 Å². The van der Waals surface area contributed by atoms with Crippen LogP contribution in [-0.2, 0) is 4.79 Å². The van der Waals surface area contributed by atoms with Gasteiger partial charge in [-0.1, -0.05) is 6.92 Å². The Labute approximate surface area is 151 Å². The molecule has 0 aromatic carbocycles. The lowest BCUT2D eigenvalue weighted by Gasteiger charge is -2.10. The Morgan fingerprint density at radius 3 is 2.96 bits per heavy atom. The summed E-state index contributed by atoms with van der Waals surface area (Å²) in [5.74, 6) is 0.202. The van der Waals surface area contributed by atoms with Crippen molar-refractivity contribution in [2.75, 3.05) is 6.61 Å². The van der Waals surface area contributed by atoms with Crippen LogP contribution in [0.4, 0.5) is 0 Å². The van der Waals surface area contributed by atoms with Crippen molar-refractivity contribution in [2.45, 2.75) is 39.2 Å². The molecular formula is C19H21N3O4. The van der Waals surface area contributed by atoms with Crippen LogP contribution in [0.1, 0.15) is 38.8 Å². The minimum absolute atomic E-state index is 0.0988. The summed E-state index contributed by atoms with van der Waals surface area (Å²) in [6, 6.07) is 5.32. The van der Waals surface area contributed by atoms with Gasteiger partial charge in [-0.15, -0.1) is 0 Å². The molecule has 0 saturated heterocycles. The summed E-state index contributed by atoms with van der Waals surface area (Å²) in [5, 5.41) is 18.3. The van der Waals surface area contributed by atoms with E-state index in [0.717, 1.165) is 6.42 Å². The zero-order valence-electron chi connectivity index (χ0n) is 14.8. The fourth-order valence-electron chi connectivity index (χ4n) is 2.42. The fraction of sp³-hybridized carbons (Fsp3) is 0.421. The highest BCUT2D eigenvalue weighted by molar-refractivity contribution is 5.96. The third-order valence-electron chi connectivity index (χ3n) is 4.31. The van der Waals surface area contributed by atoms with Crippen molar-refractivity contribution in [3.05, 3.63) is 29.6 Å². The lowest BCUT2D eigenvalue weighted by molar-refractivity contribution is -0.132. The predicted octanol–water partition coefficient (Wildman–Crippen LogP) is 3.29. The van der Waals surface area contributed by atoms with Gasteiger partial charge in [0.1, 0.15) is 17.3 Å². The number of carbonyl (C=O) groups is 1. The van der Waals surface area contributed by atoms with Crippen LogP contribution >= 0.6 is 0 Å². The number of carboxylic acids is 1. The van der Waals surface area contributed by atoms with E-state index in [-0.39, 0.29) is 17.6 Å². The molecule has 1 atom stereocenters. The number of carboxylic acid groups (broad SMARTS) is 1. The number of aliphatic carboxylic acids is 1. The van der Waals surface area contributed by atoms with E-state index in [9.17, 15) is 9.90 Å². The molecule has 0 spiro atoms. The number of hydrogen-bond donors (Lipinski definition) is 1. The molecule has 2 aromatic heterocycles. The molecule has 0 amide bonds. The Kier molecular flexibility index (Phi) is 5.12. The fourth-order valence-corrected chi connectivity index (χ4v) is 2.42. The first kappa shape index (κ1) is 17.8. The average molecular weight is 355 g/mol. The van der Waals surface area contributed by atoms with E-state index in [0.29, 0.717) is 29.6 Å². The van der Waals surface area contributed by atoms with Crippen molar-refractivity contribution in [3.63, 3.8) is 0 Å². The molecule has 136 valence electrons. The summed E-state index contributed by atoms with van der Waals surface area (Å²) in [6.07, 6.45) is 6.06. The maximum absolute atomic E-state index is 11.2. The van der Waals surface area contributed by atoms with E-state index < -0.39 is 5.97 Å². The summed E-state index contributed by atoms with van der Waals surface area (Å²) >= 11 is 0. The van der Waals surface area contributed by atoms with Crippen LogP contribution in [0.15, 0.2) is 23.9 Å². The monoisotopic (exact) mass is 355 g/mol. The number of aromatic nitrogens is 2. The second-order valence-corrected chi connectivity index (χ2v) is 6.43. The SMILES string of the molecule is CCC(C)Oc1nc2c(OCC3CC3)cccn2c1C=C(C#N)C(=O)O. The Morgan fingerprint density at radius 1 is 1.58 bits per heavy atom. The molecule has 1 unspecified atom stereocenters. The molecule has 7 nitrogen and oxygen atoms in total. The first-order chi connectivity index (χ1) is 12.5. The minimum atomic E-state index is -1.29. The number of fused-ring (bicyclic) bond motifs is 1. The topological polar surface area (TPSA) is 96.9 Å². The molecule has 0 aliphatic heterocycles. The van der Waals surface area contributed by atoms with Crippen molar-refractivity contribution >= 4 is 17.7 Å². The van der Waals surface area contributed by atoms with Crippen molar-refractivity contribution < 1.29 is 19.4 Å². The van der Waals surface area contributed by atoms with Crippen molar-refractivity contribution in [1.29, 1.82) is 5.26 Å². The molecule has 7 heteroatoms. The van der Waals surface area contributed by atoms with E-state index in [1.165, 1.54) is 18.9 Å². The Balaban J connectivity index is 2.09.